The first-order chi connectivity index (χ1) is 10.7. The lowest BCUT2D eigenvalue weighted by molar-refractivity contribution is -0.141. The maximum Gasteiger partial charge on any atom is 0.308 e. The number of ether oxygens (including phenoxy) is 3. The number of carbonyl (C=O) groups is 2. The molecule has 7 nitrogen and oxygen atoms in total. The second-order valence-electron chi connectivity index (χ2n) is 4.75. The van der Waals surface area contributed by atoms with Gasteiger partial charge in [0.25, 0.3) is 5.91 Å². The van der Waals surface area contributed by atoms with Crippen molar-refractivity contribution in [2.75, 3.05) is 38.7 Å². The molecule has 1 aliphatic rings. The van der Waals surface area contributed by atoms with Gasteiger partial charge in [0.2, 0.25) is 0 Å². The van der Waals surface area contributed by atoms with Crippen LogP contribution >= 0.6 is 12.4 Å². The van der Waals surface area contributed by atoms with E-state index in [-0.39, 0.29) is 37.3 Å². The van der Waals surface area contributed by atoms with Crippen LogP contribution in [0.3, 0.4) is 0 Å². The molecule has 1 aromatic carbocycles. The summed E-state index contributed by atoms with van der Waals surface area (Å²) in [6.07, 6.45) is -0.272. The molecule has 1 fully saturated rings. The zero-order chi connectivity index (χ0) is 15.8. The van der Waals surface area contributed by atoms with Crippen LogP contribution in [-0.4, -0.2) is 51.4 Å². The van der Waals surface area contributed by atoms with Gasteiger partial charge in [-0.05, 0) is 24.3 Å². The van der Waals surface area contributed by atoms with Gasteiger partial charge < -0.3 is 24.8 Å². The van der Waals surface area contributed by atoms with E-state index in [0.717, 1.165) is 6.54 Å². The third-order valence-electron chi connectivity index (χ3n) is 3.14. The molecule has 1 saturated heterocycles. The number of amides is 1. The first-order valence-electron chi connectivity index (χ1n) is 7.12. The van der Waals surface area contributed by atoms with E-state index in [4.69, 9.17) is 9.47 Å². The van der Waals surface area contributed by atoms with Crippen LogP contribution in [0, 0.1) is 0 Å². The lowest BCUT2D eigenvalue weighted by atomic mass is 10.2. The number of nitrogens with one attached hydrogen (secondary N) is 2. The van der Waals surface area contributed by atoms with Crippen molar-refractivity contribution in [3.8, 4) is 5.75 Å². The number of carbonyl (C=O) groups excluding carboxylic acids is 2. The average molecular weight is 345 g/mol. The first-order valence-corrected chi connectivity index (χ1v) is 7.12. The van der Waals surface area contributed by atoms with Crippen molar-refractivity contribution in [1.82, 2.24) is 5.32 Å². The monoisotopic (exact) mass is 344 g/mol. The topological polar surface area (TPSA) is 85.9 Å². The molecule has 2 N–H and O–H groups in total. The van der Waals surface area contributed by atoms with E-state index in [1.165, 1.54) is 7.11 Å². The van der Waals surface area contributed by atoms with Gasteiger partial charge in [-0.15, -0.1) is 12.4 Å². The molecule has 8 heteroatoms. The van der Waals surface area contributed by atoms with Gasteiger partial charge in [-0.25, -0.2) is 0 Å². The number of methoxy groups -OCH3 is 1. The van der Waals surface area contributed by atoms with E-state index in [1.54, 1.807) is 24.3 Å². The summed E-state index contributed by atoms with van der Waals surface area (Å²) >= 11 is 0. The molecular weight excluding hydrogens is 324 g/mol. The molecule has 23 heavy (non-hydrogen) atoms. The van der Waals surface area contributed by atoms with Crippen molar-refractivity contribution in [3.05, 3.63) is 24.3 Å². The Morgan fingerprint density at radius 2 is 2.09 bits per heavy atom. The SMILES string of the molecule is COC(=O)CCOc1ccc(NC(=O)C2CNCCO2)cc1.Cl. The molecule has 0 radical (unpaired) electrons. The van der Waals surface area contributed by atoms with Gasteiger partial charge in [-0.2, -0.15) is 0 Å². The molecule has 1 amide bonds. The van der Waals surface area contributed by atoms with Crippen LogP contribution in [0.4, 0.5) is 5.69 Å². The second-order valence-corrected chi connectivity index (χ2v) is 4.75. The number of rotatable bonds is 6. The lowest BCUT2D eigenvalue weighted by Gasteiger charge is -2.22. The van der Waals surface area contributed by atoms with Gasteiger partial charge in [0.05, 0.1) is 26.7 Å². The Morgan fingerprint density at radius 1 is 1.35 bits per heavy atom. The summed E-state index contributed by atoms with van der Waals surface area (Å²) in [5.41, 5.74) is 0.666. The molecule has 1 atom stereocenters. The van der Waals surface area contributed by atoms with Crippen LogP contribution in [0.2, 0.25) is 0 Å². The smallest absolute Gasteiger partial charge is 0.308 e. The minimum atomic E-state index is -0.468. The number of anilines is 1. The highest BCUT2D eigenvalue weighted by atomic mass is 35.5. The number of hydrogen-bond donors (Lipinski definition) is 2. The van der Waals surface area contributed by atoms with Crippen LogP contribution in [-0.2, 0) is 19.1 Å². The van der Waals surface area contributed by atoms with Gasteiger partial charge in [-0.1, -0.05) is 0 Å². The fraction of sp³-hybridized carbons (Fsp3) is 0.467. The van der Waals surface area contributed by atoms with Gasteiger partial charge in [0.1, 0.15) is 11.9 Å². The molecule has 1 heterocycles. The van der Waals surface area contributed by atoms with Crippen LogP contribution in [0.1, 0.15) is 6.42 Å². The standard InChI is InChI=1S/C15H20N2O5.ClH/c1-20-14(18)6-8-21-12-4-2-11(3-5-12)17-15(19)13-10-16-7-9-22-13;/h2-5,13,16H,6-10H2,1H3,(H,17,19);1H. The zero-order valence-corrected chi connectivity index (χ0v) is 13.7. The van der Waals surface area contributed by atoms with E-state index in [2.05, 4.69) is 15.4 Å². The molecule has 2 rings (SSSR count). The second kappa shape index (κ2) is 10.0. The summed E-state index contributed by atoms with van der Waals surface area (Å²) in [5, 5.41) is 5.89. The van der Waals surface area contributed by atoms with Gasteiger partial charge in [-0.3, -0.25) is 9.59 Å². The van der Waals surface area contributed by atoms with Crippen molar-refractivity contribution in [1.29, 1.82) is 0 Å². The van der Waals surface area contributed by atoms with Gasteiger partial charge in [0, 0.05) is 18.8 Å². The Labute approximate surface area is 141 Å². The van der Waals surface area contributed by atoms with Crippen LogP contribution in [0.5, 0.6) is 5.75 Å². The Bertz CT molecular complexity index is 503. The Morgan fingerprint density at radius 3 is 2.70 bits per heavy atom. The van der Waals surface area contributed by atoms with Gasteiger partial charge >= 0.3 is 5.97 Å². The maximum absolute atomic E-state index is 12.0. The highest BCUT2D eigenvalue weighted by molar-refractivity contribution is 5.94. The molecule has 0 spiro atoms. The number of esters is 1. The Kier molecular flexibility index (Phi) is 8.39. The fourth-order valence-corrected chi connectivity index (χ4v) is 1.95. The highest BCUT2D eigenvalue weighted by Crippen LogP contribution is 2.16. The van der Waals surface area contributed by atoms with Crippen LogP contribution in [0.15, 0.2) is 24.3 Å². The summed E-state index contributed by atoms with van der Waals surface area (Å²) in [6.45, 7) is 2.06. The predicted molar refractivity (Wildman–Crippen MR) is 87.1 cm³/mol. The van der Waals surface area contributed by atoms with Crippen molar-refractivity contribution >= 4 is 30.0 Å². The van der Waals surface area contributed by atoms with E-state index < -0.39 is 6.10 Å². The Hall–Kier alpha value is -1.83. The van der Waals surface area contributed by atoms with Gasteiger partial charge in [0.15, 0.2) is 0 Å². The summed E-state index contributed by atoms with van der Waals surface area (Å²) in [6, 6.07) is 6.93. The van der Waals surface area contributed by atoms with E-state index in [1.807, 2.05) is 0 Å². The molecule has 0 saturated carbocycles. The molecular formula is C15H21ClN2O5. The third-order valence-corrected chi connectivity index (χ3v) is 3.14. The highest BCUT2D eigenvalue weighted by Gasteiger charge is 2.21. The first kappa shape index (κ1) is 19.2. The Balaban J connectivity index is 0.00000264. The molecule has 0 aliphatic carbocycles. The van der Waals surface area contributed by atoms with Crippen LogP contribution < -0.4 is 15.4 Å². The molecule has 128 valence electrons. The molecule has 1 unspecified atom stereocenters. The third kappa shape index (κ3) is 6.43. The molecule has 0 aromatic heterocycles. The average Bonchev–Trinajstić information content (AvgIpc) is 2.57. The van der Waals surface area contributed by atoms with E-state index >= 15 is 0 Å². The molecule has 1 aromatic rings. The predicted octanol–water partition coefficient (Wildman–Crippen LogP) is 0.977. The van der Waals surface area contributed by atoms with E-state index in [0.29, 0.717) is 24.6 Å². The van der Waals surface area contributed by atoms with Crippen molar-refractivity contribution in [2.45, 2.75) is 12.5 Å². The summed E-state index contributed by atoms with van der Waals surface area (Å²) in [4.78, 5) is 22.9. The molecule has 1 aliphatic heterocycles. The number of hydrogen-bond acceptors (Lipinski definition) is 6. The fourth-order valence-electron chi connectivity index (χ4n) is 1.95. The summed E-state index contributed by atoms with van der Waals surface area (Å²) < 4.78 is 15.3. The maximum atomic E-state index is 12.0. The van der Waals surface area contributed by atoms with Crippen molar-refractivity contribution in [2.24, 2.45) is 0 Å². The molecule has 0 bridgehead atoms. The summed E-state index contributed by atoms with van der Waals surface area (Å²) in [7, 11) is 1.34. The normalized spacial score (nSPS) is 16.8. The number of morpholine rings is 1. The number of benzene rings is 1. The quantitative estimate of drug-likeness (QED) is 0.748. The van der Waals surface area contributed by atoms with E-state index in [9.17, 15) is 9.59 Å². The van der Waals surface area contributed by atoms with Crippen molar-refractivity contribution < 1.29 is 23.8 Å². The number of halogens is 1. The van der Waals surface area contributed by atoms with Crippen LogP contribution in [0.25, 0.3) is 0 Å². The summed E-state index contributed by atoms with van der Waals surface area (Å²) in [5.74, 6) is 0.133. The zero-order valence-electron chi connectivity index (χ0n) is 12.9. The lowest BCUT2D eigenvalue weighted by Crippen LogP contribution is -2.45. The minimum absolute atomic E-state index is 0. The largest absolute Gasteiger partial charge is 0.493 e. The minimum Gasteiger partial charge on any atom is -0.493 e. The van der Waals surface area contributed by atoms with Crippen molar-refractivity contribution in [3.63, 3.8) is 0 Å².